The van der Waals surface area contributed by atoms with E-state index in [0.717, 1.165) is 5.69 Å². The Labute approximate surface area is 95.1 Å². The SMILES string of the molecule is O=C(O)Cc1nc2ncc3c(n2n1)CCC3=O. The number of ketones is 1. The summed E-state index contributed by atoms with van der Waals surface area (Å²) in [6.07, 6.45) is 2.29. The molecule has 0 spiro atoms. The van der Waals surface area contributed by atoms with E-state index in [1.54, 1.807) is 0 Å². The maximum Gasteiger partial charge on any atom is 0.311 e. The van der Waals surface area contributed by atoms with Gasteiger partial charge in [-0.3, -0.25) is 9.59 Å². The normalized spacial score (nSPS) is 14.2. The standard InChI is InChI=1S/C10H8N4O3/c15-7-2-1-6-5(7)4-11-10-12-8(3-9(16)17)13-14(6)10/h4H,1-3H2,(H,16,17). The van der Waals surface area contributed by atoms with Crippen LogP contribution in [-0.2, 0) is 17.6 Å². The van der Waals surface area contributed by atoms with E-state index in [2.05, 4.69) is 15.1 Å². The van der Waals surface area contributed by atoms with E-state index in [9.17, 15) is 9.59 Å². The van der Waals surface area contributed by atoms with Gasteiger partial charge in [0.25, 0.3) is 5.78 Å². The number of carbonyl (C=O) groups excluding carboxylic acids is 1. The predicted molar refractivity (Wildman–Crippen MR) is 54.8 cm³/mol. The van der Waals surface area contributed by atoms with Crippen LogP contribution in [0.1, 0.15) is 28.3 Å². The molecule has 0 unspecified atom stereocenters. The molecular formula is C10H8N4O3. The first-order valence-corrected chi connectivity index (χ1v) is 5.13. The Hall–Kier alpha value is -2.31. The van der Waals surface area contributed by atoms with E-state index in [1.807, 2.05) is 0 Å². The van der Waals surface area contributed by atoms with Crippen LogP contribution in [0.15, 0.2) is 6.20 Å². The molecule has 2 aromatic rings. The van der Waals surface area contributed by atoms with Crippen LogP contribution in [0.3, 0.4) is 0 Å². The number of hydrogen-bond donors (Lipinski definition) is 1. The van der Waals surface area contributed by atoms with Crippen molar-refractivity contribution < 1.29 is 14.7 Å². The number of carbonyl (C=O) groups is 2. The second-order valence-corrected chi connectivity index (χ2v) is 3.85. The molecule has 1 aliphatic rings. The van der Waals surface area contributed by atoms with E-state index >= 15 is 0 Å². The summed E-state index contributed by atoms with van der Waals surface area (Å²) >= 11 is 0. The van der Waals surface area contributed by atoms with E-state index in [4.69, 9.17) is 5.11 Å². The molecule has 0 aromatic carbocycles. The molecule has 1 N–H and O–H groups in total. The highest BCUT2D eigenvalue weighted by atomic mass is 16.4. The highest BCUT2D eigenvalue weighted by Gasteiger charge is 2.24. The lowest BCUT2D eigenvalue weighted by molar-refractivity contribution is -0.136. The Kier molecular flexibility index (Phi) is 1.94. The van der Waals surface area contributed by atoms with Gasteiger partial charge in [0.1, 0.15) is 6.42 Å². The fourth-order valence-electron chi connectivity index (χ4n) is 1.97. The summed E-state index contributed by atoms with van der Waals surface area (Å²) in [6.45, 7) is 0. The van der Waals surface area contributed by atoms with Crippen molar-refractivity contribution in [1.29, 1.82) is 0 Å². The summed E-state index contributed by atoms with van der Waals surface area (Å²) < 4.78 is 1.47. The molecule has 1 aliphatic carbocycles. The van der Waals surface area contributed by atoms with Crippen LogP contribution in [0.5, 0.6) is 0 Å². The smallest absolute Gasteiger partial charge is 0.311 e. The van der Waals surface area contributed by atoms with Crippen molar-refractivity contribution in [1.82, 2.24) is 19.6 Å². The molecular weight excluding hydrogens is 224 g/mol. The maximum absolute atomic E-state index is 11.5. The van der Waals surface area contributed by atoms with Crippen LogP contribution in [-0.4, -0.2) is 36.4 Å². The number of aromatic nitrogens is 4. The number of aliphatic carboxylic acids is 1. The van der Waals surface area contributed by atoms with Crippen molar-refractivity contribution >= 4 is 17.5 Å². The topological polar surface area (TPSA) is 97.4 Å². The van der Waals surface area contributed by atoms with Crippen LogP contribution in [0.25, 0.3) is 5.78 Å². The minimum atomic E-state index is -0.992. The molecule has 7 nitrogen and oxygen atoms in total. The number of fused-ring (bicyclic) bond motifs is 3. The molecule has 0 bridgehead atoms. The predicted octanol–water partition coefficient (Wildman–Crippen LogP) is -0.120. The van der Waals surface area contributed by atoms with Crippen LogP contribution in [0, 0.1) is 0 Å². The average Bonchev–Trinajstić information content (AvgIpc) is 2.80. The van der Waals surface area contributed by atoms with Gasteiger partial charge in [-0.05, 0) is 6.42 Å². The quantitative estimate of drug-likeness (QED) is 0.775. The number of carboxylic acids is 1. The molecule has 0 amide bonds. The Morgan fingerprint density at radius 1 is 1.47 bits per heavy atom. The van der Waals surface area contributed by atoms with E-state index < -0.39 is 5.97 Å². The van der Waals surface area contributed by atoms with Crippen molar-refractivity contribution in [2.24, 2.45) is 0 Å². The minimum absolute atomic E-state index is 0.0460. The highest BCUT2D eigenvalue weighted by molar-refractivity contribution is 5.99. The summed E-state index contributed by atoms with van der Waals surface area (Å²) in [6, 6.07) is 0. The fourth-order valence-corrected chi connectivity index (χ4v) is 1.97. The second-order valence-electron chi connectivity index (χ2n) is 3.85. The van der Waals surface area contributed by atoms with Gasteiger partial charge in [-0.15, -0.1) is 5.10 Å². The number of carboxylic acid groups (broad SMARTS) is 1. The fraction of sp³-hybridized carbons (Fsp3) is 0.300. The molecule has 0 saturated heterocycles. The summed E-state index contributed by atoms with van der Waals surface area (Å²) in [4.78, 5) is 30.1. The molecule has 0 aliphatic heterocycles. The third-order valence-corrected chi connectivity index (χ3v) is 2.71. The van der Waals surface area contributed by atoms with Gasteiger partial charge in [-0.1, -0.05) is 0 Å². The van der Waals surface area contributed by atoms with Crippen molar-refractivity contribution in [3.8, 4) is 0 Å². The number of aryl methyl sites for hydroxylation is 1. The number of hydrogen-bond acceptors (Lipinski definition) is 5. The number of nitrogens with zero attached hydrogens (tertiary/aromatic N) is 4. The molecule has 2 aromatic heterocycles. The molecule has 0 fully saturated rings. The molecule has 2 heterocycles. The van der Waals surface area contributed by atoms with Gasteiger partial charge in [0.15, 0.2) is 11.6 Å². The number of rotatable bonds is 2. The van der Waals surface area contributed by atoms with Gasteiger partial charge in [-0.25, -0.2) is 9.50 Å². The zero-order chi connectivity index (χ0) is 12.0. The lowest BCUT2D eigenvalue weighted by Crippen LogP contribution is -2.03. The minimum Gasteiger partial charge on any atom is -0.481 e. The van der Waals surface area contributed by atoms with Crippen molar-refractivity contribution in [2.45, 2.75) is 19.3 Å². The third-order valence-electron chi connectivity index (χ3n) is 2.71. The molecule has 0 saturated carbocycles. The largest absolute Gasteiger partial charge is 0.481 e. The molecule has 3 rings (SSSR count). The van der Waals surface area contributed by atoms with Gasteiger partial charge >= 0.3 is 5.97 Å². The van der Waals surface area contributed by atoms with E-state index in [-0.39, 0.29) is 18.0 Å². The second kappa shape index (κ2) is 3.34. The van der Waals surface area contributed by atoms with Crippen LogP contribution in [0.2, 0.25) is 0 Å². The van der Waals surface area contributed by atoms with Gasteiger partial charge in [0.05, 0.1) is 11.3 Å². The van der Waals surface area contributed by atoms with Crippen LogP contribution < -0.4 is 0 Å². The van der Waals surface area contributed by atoms with Crippen LogP contribution in [0.4, 0.5) is 0 Å². The first-order valence-electron chi connectivity index (χ1n) is 5.13. The molecule has 86 valence electrons. The zero-order valence-corrected chi connectivity index (χ0v) is 8.75. The lowest BCUT2D eigenvalue weighted by atomic mass is 10.2. The molecule has 17 heavy (non-hydrogen) atoms. The average molecular weight is 232 g/mol. The van der Waals surface area contributed by atoms with Gasteiger partial charge in [0, 0.05) is 12.6 Å². The zero-order valence-electron chi connectivity index (χ0n) is 8.75. The van der Waals surface area contributed by atoms with Crippen molar-refractivity contribution in [3.63, 3.8) is 0 Å². The third kappa shape index (κ3) is 1.47. The summed E-state index contributed by atoms with van der Waals surface area (Å²) in [5.74, 6) is -0.397. The summed E-state index contributed by atoms with van der Waals surface area (Å²) in [5.41, 5.74) is 1.33. The van der Waals surface area contributed by atoms with Crippen molar-refractivity contribution in [2.75, 3.05) is 0 Å². The van der Waals surface area contributed by atoms with Crippen LogP contribution >= 0.6 is 0 Å². The maximum atomic E-state index is 11.5. The number of Topliss-reactive ketones (excluding diaryl/α,β-unsaturated/α-hetero) is 1. The molecule has 0 radical (unpaired) electrons. The van der Waals surface area contributed by atoms with Gasteiger partial charge in [0.2, 0.25) is 0 Å². The van der Waals surface area contributed by atoms with E-state index in [0.29, 0.717) is 24.2 Å². The Bertz CT molecular complexity index is 646. The first kappa shape index (κ1) is 9.88. The first-order chi connectivity index (χ1) is 8.15. The summed E-state index contributed by atoms with van der Waals surface area (Å²) in [7, 11) is 0. The Balaban J connectivity index is 2.17. The lowest BCUT2D eigenvalue weighted by Gasteiger charge is -1.98. The van der Waals surface area contributed by atoms with E-state index in [1.165, 1.54) is 10.7 Å². The Morgan fingerprint density at radius 3 is 3.06 bits per heavy atom. The van der Waals surface area contributed by atoms with Crippen molar-refractivity contribution in [3.05, 3.63) is 23.3 Å². The highest BCUT2D eigenvalue weighted by Crippen LogP contribution is 2.21. The monoisotopic (exact) mass is 232 g/mol. The molecule has 7 heteroatoms. The summed E-state index contributed by atoms with van der Waals surface area (Å²) in [5, 5.41) is 12.7. The Morgan fingerprint density at radius 2 is 2.29 bits per heavy atom. The van der Waals surface area contributed by atoms with Gasteiger partial charge < -0.3 is 5.11 Å². The molecule has 0 atom stereocenters. The van der Waals surface area contributed by atoms with Gasteiger partial charge in [-0.2, -0.15) is 4.98 Å².